The molecule has 1 fully saturated rings. The second kappa shape index (κ2) is 6.61. The Morgan fingerprint density at radius 1 is 1.33 bits per heavy atom. The number of piperazine rings is 1. The summed E-state index contributed by atoms with van der Waals surface area (Å²) in [7, 11) is 2.19. The van der Waals surface area contributed by atoms with Gasteiger partial charge in [-0.25, -0.2) is 4.98 Å². The minimum Gasteiger partial charge on any atom is -0.310 e. The number of hydrogen-bond acceptors (Lipinski definition) is 5. The first-order valence-corrected chi connectivity index (χ1v) is 7.53. The molecular weight excluding hydrogens is 244 g/mol. The fourth-order valence-corrected chi connectivity index (χ4v) is 2.92. The first-order chi connectivity index (χ1) is 8.63. The van der Waals surface area contributed by atoms with Gasteiger partial charge in [0.05, 0.1) is 6.54 Å². The standard InChI is InChI=1S/C13H24N4S/c1-11(2)14-8-12-9-15-13(18-12)10-17-6-4-16(3)5-7-17/h9,11,14H,4-8,10H2,1-3H3. The van der Waals surface area contributed by atoms with Gasteiger partial charge >= 0.3 is 0 Å². The van der Waals surface area contributed by atoms with Crippen molar-refractivity contribution in [2.24, 2.45) is 0 Å². The molecule has 0 unspecified atom stereocenters. The van der Waals surface area contributed by atoms with Crippen molar-refractivity contribution in [3.05, 3.63) is 16.1 Å². The Hall–Kier alpha value is -0.490. The third-order valence-corrected chi connectivity index (χ3v) is 4.22. The fraction of sp³-hybridized carbons (Fsp3) is 0.769. The average molecular weight is 268 g/mol. The van der Waals surface area contributed by atoms with Crippen LogP contribution in [0.2, 0.25) is 0 Å². The molecule has 0 saturated carbocycles. The number of rotatable bonds is 5. The van der Waals surface area contributed by atoms with Crippen LogP contribution in [0.15, 0.2) is 6.20 Å². The Morgan fingerprint density at radius 2 is 2.06 bits per heavy atom. The summed E-state index contributed by atoms with van der Waals surface area (Å²) in [6.45, 7) is 11.0. The quantitative estimate of drug-likeness (QED) is 0.874. The monoisotopic (exact) mass is 268 g/mol. The highest BCUT2D eigenvalue weighted by molar-refractivity contribution is 7.11. The van der Waals surface area contributed by atoms with Crippen LogP contribution in [-0.4, -0.2) is 54.1 Å². The first-order valence-electron chi connectivity index (χ1n) is 6.71. The Balaban J connectivity index is 1.79. The average Bonchev–Trinajstić information content (AvgIpc) is 2.77. The molecule has 0 aliphatic carbocycles. The van der Waals surface area contributed by atoms with Crippen LogP contribution >= 0.6 is 11.3 Å². The highest BCUT2D eigenvalue weighted by Crippen LogP contribution is 2.15. The number of nitrogens with one attached hydrogen (secondary N) is 1. The predicted octanol–water partition coefficient (Wildman–Crippen LogP) is 1.39. The molecule has 0 aromatic carbocycles. The lowest BCUT2D eigenvalue weighted by Gasteiger charge is -2.31. The van der Waals surface area contributed by atoms with E-state index in [0.29, 0.717) is 6.04 Å². The van der Waals surface area contributed by atoms with Crippen LogP contribution in [-0.2, 0) is 13.1 Å². The SMILES string of the molecule is CC(C)NCc1cnc(CN2CCN(C)CC2)s1. The van der Waals surface area contributed by atoms with Gasteiger partial charge in [0.1, 0.15) is 5.01 Å². The van der Waals surface area contributed by atoms with E-state index in [9.17, 15) is 0 Å². The Labute approximate surface area is 114 Å². The highest BCUT2D eigenvalue weighted by Gasteiger charge is 2.15. The Kier molecular flexibility index (Phi) is 5.12. The van der Waals surface area contributed by atoms with E-state index < -0.39 is 0 Å². The largest absolute Gasteiger partial charge is 0.310 e. The maximum Gasteiger partial charge on any atom is 0.107 e. The zero-order chi connectivity index (χ0) is 13.0. The van der Waals surface area contributed by atoms with Gasteiger partial charge in [0.25, 0.3) is 0 Å². The van der Waals surface area contributed by atoms with Gasteiger partial charge in [0.15, 0.2) is 0 Å². The first kappa shape index (κ1) is 13.9. The summed E-state index contributed by atoms with van der Waals surface area (Å²) in [5.74, 6) is 0. The number of thiazole rings is 1. The minimum atomic E-state index is 0.535. The molecule has 0 spiro atoms. The van der Waals surface area contributed by atoms with Crippen molar-refractivity contribution in [1.82, 2.24) is 20.1 Å². The van der Waals surface area contributed by atoms with Gasteiger partial charge in [-0.15, -0.1) is 11.3 Å². The normalized spacial score (nSPS) is 18.7. The molecule has 2 heterocycles. The zero-order valence-electron chi connectivity index (χ0n) is 11.6. The second-order valence-corrected chi connectivity index (χ2v) is 6.54. The zero-order valence-corrected chi connectivity index (χ0v) is 12.5. The van der Waals surface area contributed by atoms with Gasteiger partial charge in [-0.1, -0.05) is 13.8 Å². The van der Waals surface area contributed by atoms with Gasteiger partial charge < -0.3 is 10.2 Å². The van der Waals surface area contributed by atoms with E-state index in [1.807, 2.05) is 17.5 Å². The van der Waals surface area contributed by atoms with Crippen molar-refractivity contribution in [1.29, 1.82) is 0 Å². The maximum absolute atomic E-state index is 4.53. The lowest BCUT2D eigenvalue weighted by Crippen LogP contribution is -2.43. The summed E-state index contributed by atoms with van der Waals surface area (Å²) in [5.41, 5.74) is 0. The summed E-state index contributed by atoms with van der Waals surface area (Å²) in [6.07, 6.45) is 2.02. The van der Waals surface area contributed by atoms with Crippen LogP contribution in [0.25, 0.3) is 0 Å². The third kappa shape index (κ3) is 4.31. The van der Waals surface area contributed by atoms with Crippen LogP contribution in [0.3, 0.4) is 0 Å². The molecule has 18 heavy (non-hydrogen) atoms. The van der Waals surface area contributed by atoms with Crippen molar-refractivity contribution in [2.45, 2.75) is 33.0 Å². The van der Waals surface area contributed by atoms with E-state index in [1.54, 1.807) is 0 Å². The molecule has 1 aromatic rings. The molecule has 2 rings (SSSR count). The molecule has 0 bridgehead atoms. The number of hydrogen-bond donors (Lipinski definition) is 1. The molecule has 0 radical (unpaired) electrons. The van der Waals surface area contributed by atoms with Gasteiger partial charge in [0, 0.05) is 49.8 Å². The van der Waals surface area contributed by atoms with Crippen molar-refractivity contribution in [2.75, 3.05) is 33.2 Å². The Morgan fingerprint density at radius 3 is 2.72 bits per heavy atom. The highest BCUT2D eigenvalue weighted by atomic mass is 32.1. The van der Waals surface area contributed by atoms with Crippen molar-refractivity contribution < 1.29 is 0 Å². The number of likely N-dealkylation sites (N-methyl/N-ethyl adjacent to an activating group) is 1. The van der Waals surface area contributed by atoms with E-state index in [4.69, 9.17) is 0 Å². The smallest absolute Gasteiger partial charge is 0.107 e. The van der Waals surface area contributed by atoms with Gasteiger partial charge in [-0.3, -0.25) is 4.90 Å². The van der Waals surface area contributed by atoms with E-state index in [-0.39, 0.29) is 0 Å². The van der Waals surface area contributed by atoms with Crippen LogP contribution < -0.4 is 5.32 Å². The Bertz CT molecular complexity index is 356. The molecule has 1 aliphatic rings. The summed E-state index contributed by atoms with van der Waals surface area (Å²) < 4.78 is 0. The maximum atomic E-state index is 4.53. The number of aromatic nitrogens is 1. The van der Waals surface area contributed by atoms with Gasteiger partial charge in [0.2, 0.25) is 0 Å². The number of nitrogens with zero attached hydrogens (tertiary/aromatic N) is 3. The lowest BCUT2D eigenvalue weighted by molar-refractivity contribution is 0.148. The molecule has 102 valence electrons. The van der Waals surface area contributed by atoms with Crippen molar-refractivity contribution >= 4 is 11.3 Å². The molecule has 0 atom stereocenters. The molecule has 1 saturated heterocycles. The molecule has 4 nitrogen and oxygen atoms in total. The molecule has 1 aromatic heterocycles. The van der Waals surface area contributed by atoms with Gasteiger partial charge in [-0.2, -0.15) is 0 Å². The summed E-state index contributed by atoms with van der Waals surface area (Å²) in [6, 6.07) is 0.535. The van der Waals surface area contributed by atoms with Crippen molar-refractivity contribution in [3.8, 4) is 0 Å². The van der Waals surface area contributed by atoms with Crippen LogP contribution in [0.1, 0.15) is 23.7 Å². The summed E-state index contributed by atoms with van der Waals surface area (Å²) in [4.78, 5) is 10.8. The minimum absolute atomic E-state index is 0.535. The van der Waals surface area contributed by atoms with Gasteiger partial charge in [-0.05, 0) is 7.05 Å². The molecule has 5 heteroatoms. The predicted molar refractivity (Wildman–Crippen MR) is 76.9 cm³/mol. The topological polar surface area (TPSA) is 31.4 Å². The fourth-order valence-electron chi connectivity index (χ4n) is 2.00. The van der Waals surface area contributed by atoms with E-state index >= 15 is 0 Å². The van der Waals surface area contributed by atoms with Crippen LogP contribution in [0.4, 0.5) is 0 Å². The molecule has 1 aliphatic heterocycles. The molecular formula is C13H24N4S. The van der Waals surface area contributed by atoms with E-state index in [0.717, 1.165) is 26.2 Å². The summed E-state index contributed by atoms with van der Waals surface area (Å²) in [5, 5.41) is 4.68. The van der Waals surface area contributed by atoms with Crippen LogP contribution in [0.5, 0.6) is 0 Å². The second-order valence-electron chi connectivity index (χ2n) is 5.34. The third-order valence-electron chi connectivity index (χ3n) is 3.24. The molecule has 0 amide bonds. The molecule has 1 N–H and O–H groups in total. The van der Waals surface area contributed by atoms with Crippen LogP contribution in [0, 0.1) is 0 Å². The summed E-state index contributed by atoms with van der Waals surface area (Å²) >= 11 is 1.84. The lowest BCUT2D eigenvalue weighted by atomic mass is 10.3. The van der Waals surface area contributed by atoms with E-state index in [2.05, 4.69) is 41.0 Å². The van der Waals surface area contributed by atoms with Crippen molar-refractivity contribution in [3.63, 3.8) is 0 Å². The van der Waals surface area contributed by atoms with E-state index in [1.165, 1.54) is 23.0 Å².